The summed E-state index contributed by atoms with van der Waals surface area (Å²) in [6.07, 6.45) is 0. The summed E-state index contributed by atoms with van der Waals surface area (Å²) < 4.78 is 38.2. The first kappa shape index (κ1) is 19.4. The fourth-order valence-electron chi connectivity index (χ4n) is 2.93. The Morgan fingerprint density at radius 1 is 1.04 bits per heavy atom. The Balaban J connectivity index is 2.54. The molecule has 0 aliphatic heterocycles. The van der Waals surface area contributed by atoms with Crippen molar-refractivity contribution in [2.75, 3.05) is 6.61 Å². The van der Waals surface area contributed by atoms with Crippen molar-refractivity contribution in [1.82, 2.24) is 0 Å². The Morgan fingerprint density at radius 2 is 1.48 bits per heavy atom. The highest BCUT2D eigenvalue weighted by atomic mass is 32.2. The second-order valence-corrected chi connectivity index (χ2v) is 11.9. The second kappa shape index (κ2) is 7.94. The molecule has 0 bridgehead atoms. The van der Waals surface area contributed by atoms with Gasteiger partial charge in [-0.15, -0.1) is 0 Å². The molecule has 2 rings (SSSR count). The largest absolute Gasteiger partial charge is 0.465 e. The van der Waals surface area contributed by atoms with Crippen molar-refractivity contribution in [2.24, 2.45) is 0 Å². The second-order valence-electron chi connectivity index (χ2n) is 6.02. The first-order valence-electron chi connectivity index (χ1n) is 8.03. The van der Waals surface area contributed by atoms with Gasteiger partial charge in [-0.25, -0.2) is 0 Å². The van der Waals surface area contributed by atoms with Gasteiger partial charge in [0.05, 0.1) is 6.61 Å². The van der Waals surface area contributed by atoms with Crippen molar-refractivity contribution in [3.63, 3.8) is 0 Å². The predicted molar refractivity (Wildman–Crippen MR) is 101 cm³/mol. The highest BCUT2D eigenvalue weighted by molar-refractivity contribution is 7.87. The number of ether oxygens (including phenoxy) is 1. The summed E-state index contributed by atoms with van der Waals surface area (Å²) in [6.45, 7) is 3.65. The van der Waals surface area contributed by atoms with E-state index in [1.807, 2.05) is 67.2 Å². The molecule has 134 valence electrons. The zero-order chi connectivity index (χ0) is 18.5. The molecular weight excluding hydrogens is 356 g/mol. The van der Waals surface area contributed by atoms with Gasteiger partial charge in [-0.2, -0.15) is 8.42 Å². The molecule has 0 spiro atoms. The minimum absolute atomic E-state index is 0.0126. The van der Waals surface area contributed by atoms with Crippen LogP contribution in [0.2, 0.25) is 12.6 Å². The Morgan fingerprint density at radius 3 is 1.84 bits per heavy atom. The molecule has 0 aliphatic rings. The molecule has 0 aliphatic carbocycles. The van der Waals surface area contributed by atoms with E-state index in [2.05, 4.69) is 0 Å². The lowest BCUT2D eigenvalue weighted by atomic mass is 10.4. The first-order chi connectivity index (χ1) is 11.8. The van der Waals surface area contributed by atoms with E-state index in [0.717, 1.165) is 10.4 Å². The van der Waals surface area contributed by atoms with Crippen molar-refractivity contribution < 1.29 is 22.5 Å². The predicted octanol–water partition coefficient (Wildman–Crippen LogP) is 1.70. The molecule has 0 radical (unpaired) electrons. The van der Waals surface area contributed by atoms with E-state index in [1.165, 1.54) is 0 Å². The lowest BCUT2D eigenvalue weighted by molar-refractivity contribution is -0.142. The molecule has 0 fully saturated rings. The molecule has 1 atom stereocenters. The molecule has 0 aromatic heterocycles. The van der Waals surface area contributed by atoms with Gasteiger partial charge in [0.15, 0.2) is 5.25 Å². The van der Waals surface area contributed by atoms with E-state index >= 15 is 0 Å². The molecule has 5 nitrogen and oxygen atoms in total. The van der Waals surface area contributed by atoms with Crippen LogP contribution < -0.4 is 10.4 Å². The Hall–Kier alpha value is -1.96. The fraction of sp³-hybridized carbons (Fsp3) is 0.278. The topological polar surface area (TPSA) is 80.7 Å². The summed E-state index contributed by atoms with van der Waals surface area (Å²) in [6, 6.07) is 19.1. The monoisotopic (exact) mass is 378 g/mol. The maximum absolute atomic E-state index is 12.2. The molecule has 1 N–H and O–H groups in total. The fourth-order valence-corrected chi connectivity index (χ4v) is 8.65. The molecule has 2 aromatic carbocycles. The third-order valence-electron chi connectivity index (χ3n) is 4.32. The van der Waals surface area contributed by atoms with E-state index in [0.29, 0.717) is 0 Å². The van der Waals surface area contributed by atoms with E-state index < -0.39 is 29.4 Å². The molecule has 25 heavy (non-hydrogen) atoms. The zero-order valence-corrected chi connectivity index (χ0v) is 16.1. The molecule has 2 aromatic rings. The van der Waals surface area contributed by atoms with Gasteiger partial charge in [-0.3, -0.25) is 9.35 Å². The minimum atomic E-state index is -4.58. The van der Waals surface area contributed by atoms with Gasteiger partial charge in [-0.05, 0) is 13.0 Å². The minimum Gasteiger partial charge on any atom is -0.465 e. The maximum Gasteiger partial charge on any atom is 0.326 e. The Labute approximate surface area is 149 Å². The van der Waals surface area contributed by atoms with Gasteiger partial charge < -0.3 is 4.74 Å². The number of rotatable bonds is 7. The first-order valence-corrected chi connectivity index (χ1v) is 12.2. The van der Waals surface area contributed by atoms with Gasteiger partial charge in [0.25, 0.3) is 10.1 Å². The summed E-state index contributed by atoms with van der Waals surface area (Å²) in [5, 5.41) is 0.378. The van der Waals surface area contributed by atoms with Gasteiger partial charge in [0, 0.05) is 0 Å². The highest BCUT2D eigenvalue weighted by Gasteiger charge is 2.43. The van der Waals surface area contributed by atoms with Gasteiger partial charge in [0.2, 0.25) is 0 Å². The van der Waals surface area contributed by atoms with Crippen molar-refractivity contribution in [1.29, 1.82) is 0 Å². The average molecular weight is 379 g/mol. The molecule has 0 saturated heterocycles. The van der Waals surface area contributed by atoms with Crippen molar-refractivity contribution in [3.05, 3.63) is 60.7 Å². The number of carbonyl (C=O) groups is 1. The van der Waals surface area contributed by atoms with Crippen molar-refractivity contribution in [3.8, 4) is 0 Å². The van der Waals surface area contributed by atoms with Crippen LogP contribution >= 0.6 is 0 Å². The quantitative estimate of drug-likeness (QED) is 0.451. The molecule has 0 heterocycles. The number of esters is 1. The molecule has 0 saturated carbocycles. The molecule has 0 amide bonds. The van der Waals surface area contributed by atoms with Crippen LogP contribution in [-0.2, 0) is 19.6 Å². The van der Waals surface area contributed by atoms with Crippen LogP contribution in [-0.4, -0.2) is 38.9 Å². The lowest BCUT2D eigenvalue weighted by Crippen LogP contribution is -2.58. The van der Waals surface area contributed by atoms with Crippen LogP contribution in [0.1, 0.15) is 6.92 Å². The summed E-state index contributed by atoms with van der Waals surface area (Å²) in [5.74, 6) is -0.907. The van der Waals surface area contributed by atoms with Crippen LogP contribution in [0.5, 0.6) is 0 Å². The standard InChI is InChI=1S/C18H22O5SSi/c1-3-23-18(19)17(24(20,21)22)14-25(2,15-10-6-4-7-11-15)16-12-8-5-9-13-16/h4-13,17H,3,14H2,1-2H3,(H,20,21,22). The summed E-state index contributed by atoms with van der Waals surface area (Å²) >= 11 is 0. The number of benzene rings is 2. The van der Waals surface area contributed by atoms with Gasteiger partial charge in [0.1, 0.15) is 8.07 Å². The summed E-state index contributed by atoms with van der Waals surface area (Å²) in [4.78, 5) is 12.2. The smallest absolute Gasteiger partial charge is 0.326 e. The zero-order valence-electron chi connectivity index (χ0n) is 14.3. The Bertz CT molecular complexity index is 766. The average Bonchev–Trinajstić information content (AvgIpc) is 2.60. The van der Waals surface area contributed by atoms with E-state index in [9.17, 15) is 17.8 Å². The van der Waals surface area contributed by atoms with Gasteiger partial charge >= 0.3 is 5.97 Å². The highest BCUT2D eigenvalue weighted by Crippen LogP contribution is 2.19. The van der Waals surface area contributed by atoms with Crippen LogP contribution in [0, 0.1) is 0 Å². The summed E-state index contributed by atoms with van der Waals surface area (Å²) in [7, 11) is -7.18. The number of hydrogen-bond acceptors (Lipinski definition) is 4. The lowest BCUT2D eigenvalue weighted by Gasteiger charge is -2.31. The number of hydrogen-bond donors (Lipinski definition) is 1. The Kier molecular flexibility index (Phi) is 6.15. The molecule has 7 heteroatoms. The molecule has 1 unspecified atom stereocenters. The van der Waals surface area contributed by atoms with Crippen LogP contribution in [0.4, 0.5) is 0 Å². The van der Waals surface area contributed by atoms with E-state index in [1.54, 1.807) is 6.92 Å². The van der Waals surface area contributed by atoms with Gasteiger partial charge in [-0.1, -0.05) is 77.6 Å². The van der Waals surface area contributed by atoms with E-state index in [4.69, 9.17) is 4.74 Å². The van der Waals surface area contributed by atoms with Crippen LogP contribution in [0.15, 0.2) is 60.7 Å². The summed E-state index contributed by atoms with van der Waals surface area (Å²) in [5.41, 5.74) is 0. The SMILES string of the molecule is CCOC(=O)C(C[Si](C)(c1ccccc1)c1ccccc1)S(=O)(=O)O. The third-order valence-corrected chi connectivity index (χ3v) is 10.1. The third kappa shape index (κ3) is 4.56. The molecular formula is C18H22O5SSi. The van der Waals surface area contributed by atoms with Crippen LogP contribution in [0.25, 0.3) is 0 Å². The normalized spacial score (nSPS) is 13.2. The van der Waals surface area contributed by atoms with Crippen molar-refractivity contribution in [2.45, 2.75) is 24.8 Å². The van der Waals surface area contributed by atoms with E-state index in [-0.39, 0.29) is 12.7 Å². The number of carbonyl (C=O) groups excluding carboxylic acids is 1. The maximum atomic E-state index is 12.2. The van der Waals surface area contributed by atoms with Crippen molar-refractivity contribution >= 4 is 34.5 Å². The van der Waals surface area contributed by atoms with Crippen LogP contribution in [0.3, 0.4) is 0 Å².